The molecule has 0 saturated heterocycles. The second kappa shape index (κ2) is 7.23. The molecule has 142 valence electrons. The van der Waals surface area contributed by atoms with Crippen LogP contribution in [-0.2, 0) is 6.54 Å². The molecule has 0 aliphatic heterocycles. The van der Waals surface area contributed by atoms with E-state index in [1.165, 1.54) is 44.2 Å². The van der Waals surface area contributed by atoms with Crippen molar-refractivity contribution in [3.8, 4) is 22.5 Å². The van der Waals surface area contributed by atoms with Crippen LogP contribution in [0, 0.1) is 11.7 Å². The van der Waals surface area contributed by atoms with E-state index in [1.807, 2.05) is 30.9 Å². The van der Waals surface area contributed by atoms with Crippen LogP contribution < -0.4 is 0 Å². The number of pyridine rings is 1. The van der Waals surface area contributed by atoms with Crippen LogP contribution in [0.5, 0.6) is 0 Å². The SMILES string of the molecule is Fc1ccc(-c2ncn(CC3CCCCC3)c2-c2ccnc3[nH]ccc23)cc1. The van der Waals surface area contributed by atoms with Crippen LogP contribution in [0.15, 0.2) is 55.1 Å². The molecular formula is C23H23FN4. The number of fused-ring (bicyclic) bond motifs is 1. The quantitative estimate of drug-likeness (QED) is 0.490. The average molecular weight is 374 g/mol. The first-order valence-corrected chi connectivity index (χ1v) is 10.0. The Morgan fingerprint density at radius 2 is 1.82 bits per heavy atom. The van der Waals surface area contributed by atoms with E-state index in [0.717, 1.165) is 40.1 Å². The molecular weight excluding hydrogens is 351 g/mol. The highest BCUT2D eigenvalue weighted by atomic mass is 19.1. The van der Waals surface area contributed by atoms with Crippen molar-refractivity contribution in [1.29, 1.82) is 0 Å². The average Bonchev–Trinajstić information content (AvgIpc) is 3.36. The minimum atomic E-state index is -0.233. The Morgan fingerprint density at radius 3 is 2.64 bits per heavy atom. The number of halogens is 1. The molecule has 1 aliphatic carbocycles. The van der Waals surface area contributed by atoms with Crippen molar-refractivity contribution in [2.75, 3.05) is 0 Å². The van der Waals surface area contributed by atoms with Crippen molar-refractivity contribution in [2.45, 2.75) is 38.6 Å². The van der Waals surface area contributed by atoms with Crippen LogP contribution in [0.3, 0.4) is 0 Å². The Labute approximate surface area is 163 Å². The van der Waals surface area contributed by atoms with Gasteiger partial charge in [0.15, 0.2) is 0 Å². The number of aromatic nitrogens is 4. The lowest BCUT2D eigenvalue weighted by Gasteiger charge is -2.23. The van der Waals surface area contributed by atoms with Gasteiger partial charge in [0, 0.05) is 35.5 Å². The van der Waals surface area contributed by atoms with E-state index >= 15 is 0 Å². The summed E-state index contributed by atoms with van der Waals surface area (Å²) in [6.45, 7) is 0.970. The third-order valence-electron chi connectivity index (χ3n) is 5.85. The third kappa shape index (κ3) is 3.11. The molecule has 0 atom stereocenters. The van der Waals surface area contributed by atoms with Crippen LogP contribution in [-0.4, -0.2) is 19.5 Å². The maximum atomic E-state index is 13.5. The number of benzene rings is 1. The highest BCUT2D eigenvalue weighted by molar-refractivity contribution is 5.95. The Morgan fingerprint density at radius 1 is 1.00 bits per heavy atom. The molecule has 1 saturated carbocycles. The van der Waals surface area contributed by atoms with Crippen LogP contribution in [0.2, 0.25) is 0 Å². The van der Waals surface area contributed by atoms with Crippen LogP contribution in [0.1, 0.15) is 32.1 Å². The predicted molar refractivity (Wildman–Crippen MR) is 109 cm³/mol. The Kier molecular flexibility index (Phi) is 4.43. The van der Waals surface area contributed by atoms with Gasteiger partial charge in [0.1, 0.15) is 11.5 Å². The maximum Gasteiger partial charge on any atom is 0.137 e. The minimum Gasteiger partial charge on any atom is -0.346 e. The molecule has 1 N–H and O–H groups in total. The maximum absolute atomic E-state index is 13.5. The number of imidazole rings is 1. The summed E-state index contributed by atoms with van der Waals surface area (Å²) in [7, 11) is 0. The van der Waals surface area contributed by atoms with Gasteiger partial charge in [-0.05, 0) is 55.2 Å². The smallest absolute Gasteiger partial charge is 0.137 e. The number of H-pyrrole nitrogens is 1. The van der Waals surface area contributed by atoms with Gasteiger partial charge in [0.05, 0.1) is 17.7 Å². The standard InChI is InChI=1S/C23H23FN4/c24-18-8-6-17(7-9-18)21-22(19-10-12-25-23-20(19)11-13-26-23)28(15-27-21)14-16-4-2-1-3-5-16/h6-13,15-16H,1-5,14H2,(H,25,26). The fourth-order valence-corrected chi connectivity index (χ4v) is 4.44. The van der Waals surface area contributed by atoms with E-state index in [4.69, 9.17) is 4.98 Å². The van der Waals surface area contributed by atoms with Gasteiger partial charge in [-0.3, -0.25) is 0 Å². The number of nitrogens with one attached hydrogen (secondary N) is 1. The van der Waals surface area contributed by atoms with Gasteiger partial charge in [-0.1, -0.05) is 19.3 Å². The predicted octanol–water partition coefficient (Wildman–Crippen LogP) is 5.81. The second-order valence-corrected chi connectivity index (χ2v) is 7.70. The van der Waals surface area contributed by atoms with Crippen LogP contribution >= 0.6 is 0 Å². The first-order valence-electron chi connectivity index (χ1n) is 10.0. The van der Waals surface area contributed by atoms with E-state index in [9.17, 15) is 4.39 Å². The number of nitrogens with zero attached hydrogens (tertiary/aromatic N) is 3. The Bertz CT molecular complexity index is 1090. The lowest BCUT2D eigenvalue weighted by molar-refractivity contribution is 0.320. The lowest BCUT2D eigenvalue weighted by Crippen LogP contribution is -2.14. The Balaban J connectivity index is 1.65. The summed E-state index contributed by atoms with van der Waals surface area (Å²) in [4.78, 5) is 12.4. The topological polar surface area (TPSA) is 46.5 Å². The van der Waals surface area contributed by atoms with Crippen LogP contribution in [0.4, 0.5) is 4.39 Å². The molecule has 4 aromatic rings. The molecule has 1 fully saturated rings. The van der Waals surface area contributed by atoms with Gasteiger partial charge >= 0.3 is 0 Å². The van der Waals surface area contributed by atoms with E-state index in [-0.39, 0.29) is 5.82 Å². The monoisotopic (exact) mass is 374 g/mol. The van der Waals surface area contributed by atoms with E-state index in [0.29, 0.717) is 5.92 Å². The largest absolute Gasteiger partial charge is 0.346 e. The summed E-state index contributed by atoms with van der Waals surface area (Å²) in [6, 6.07) is 10.7. The van der Waals surface area contributed by atoms with Gasteiger partial charge in [0.2, 0.25) is 0 Å². The summed E-state index contributed by atoms with van der Waals surface area (Å²) in [5.74, 6) is 0.454. The molecule has 5 heteroatoms. The molecule has 1 aliphatic rings. The zero-order chi connectivity index (χ0) is 18.9. The van der Waals surface area contributed by atoms with Crippen molar-refractivity contribution in [3.63, 3.8) is 0 Å². The number of hydrogen-bond acceptors (Lipinski definition) is 2. The highest BCUT2D eigenvalue weighted by Crippen LogP contribution is 2.36. The number of rotatable bonds is 4. The first-order chi connectivity index (χ1) is 13.8. The fourth-order valence-electron chi connectivity index (χ4n) is 4.44. The molecule has 0 unspecified atom stereocenters. The third-order valence-corrected chi connectivity index (χ3v) is 5.85. The summed E-state index contributed by atoms with van der Waals surface area (Å²) in [5, 5.41) is 1.08. The van der Waals surface area contributed by atoms with Crippen LogP contribution in [0.25, 0.3) is 33.5 Å². The molecule has 4 nitrogen and oxygen atoms in total. The van der Waals surface area contributed by atoms with Crippen molar-refractivity contribution in [3.05, 3.63) is 60.9 Å². The van der Waals surface area contributed by atoms with Crippen molar-refractivity contribution in [1.82, 2.24) is 19.5 Å². The van der Waals surface area contributed by atoms with E-state index < -0.39 is 0 Å². The summed E-state index contributed by atoms with van der Waals surface area (Å²) < 4.78 is 15.8. The molecule has 28 heavy (non-hydrogen) atoms. The summed E-state index contributed by atoms with van der Waals surface area (Å²) in [6.07, 6.45) is 12.2. The van der Waals surface area contributed by atoms with Gasteiger partial charge in [-0.15, -0.1) is 0 Å². The second-order valence-electron chi connectivity index (χ2n) is 7.70. The van der Waals surface area contributed by atoms with Crippen molar-refractivity contribution >= 4 is 11.0 Å². The zero-order valence-corrected chi connectivity index (χ0v) is 15.7. The summed E-state index contributed by atoms with van der Waals surface area (Å²) in [5.41, 5.74) is 4.89. The van der Waals surface area contributed by atoms with Gasteiger partial charge in [-0.2, -0.15) is 0 Å². The molecule has 3 aromatic heterocycles. The number of aromatic amines is 1. The fraction of sp³-hybridized carbons (Fsp3) is 0.304. The van der Waals surface area contributed by atoms with Crippen molar-refractivity contribution < 1.29 is 4.39 Å². The number of hydrogen-bond donors (Lipinski definition) is 1. The van der Waals surface area contributed by atoms with Crippen molar-refractivity contribution in [2.24, 2.45) is 5.92 Å². The molecule has 0 amide bonds. The zero-order valence-electron chi connectivity index (χ0n) is 15.7. The molecule has 0 spiro atoms. The normalized spacial score (nSPS) is 15.3. The van der Waals surface area contributed by atoms with Gasteiger partial charge in [0.25, 0.3) is 0 Å². The lowest BCUT2D eigenvalue weighted by atomic mass is 9.89. The molecule has 1 aromatic carbocycles. The first kappa shape index (κ1) is 17.2. The van der Waals surface area contributed by atoms with E-state index in [1.54, 1.807) is 0 Å². The minimum absolute atomic E-state index is 0.233. The van der Waals surface area contributed by atoms with Gasteiger partial charge in [-0.25, -0.2) is 14.4 Å². The van der Waals surface area contributed by atoms with E-state index in [2.05, 4.69) is 26.7 Å². The molecule has 3 heterocycles. The highest BCUT2D eigenvalue weighted by Gasteiger charge is 2.21. The Hall–Kier alpha value is -2.95. The molecule has 0 radical (unpaired) electrons. The van der Waals surface area contributed by atoms with Gasteiger partial charge < -0.3 is 9.55 Å². The molecule has 5 rings (SSSR count). The summed E-state index contributed by atoms with van der Waals surface area (Å²) >= 11 is 0. The molecule has 0 bridgehead atoms.